The van der Waals surface area contributed by atoms with Gasteiger partial charge >= 0.3 is 0 Å². The summed E-state index contributed by atoms with van der Waals surface area (Å²) < 4.78 is 0. The summed E-state index contributed by atoms with van der Waals surface area (Å²) in [5.41, 5.74) is 13.6. The lowest BCUT2D eigenvalue weighted by Gasteiger charge is -2.43. The van der Waals surface area contributed by atoms with Gasteiger partial charge in [0.05, 0.1) is 0 Å². The minimum atomic E-state index is -1.92. The van der Waals surface area contributed by atoms with Crippen molar-refractivity contribution in [3.63, 3.8) is 0 Å². The van der Waals surface area contributed by atoms with Crippen LogP contribution in [-0.2, 0) is 0 Å². The van der Waals surface area contributed by atoms with Gasteiger partial charge in [0.25, 0.3) is 0 Å². The molecule has 51 heavy (non-hydrogen) atoms. The predicted molar refractivity (Wildman–Crippen MR) is 212 cm³/mol. The summed E-state index contributed by atoms with van der Waals surface area (Å²) in [5, 5.41) is 0. The summed E-state index contributed by atoms with van der Waals surface area (Å²) in [6.45, 7) is 0. The Balaban J connectivity index is 1.34. The number of rotatable bonds is 6. The molecule has 0 heterocycles. The van der Waals surface area contributed by atoms with Crippen molar-refractivity contribution >= 4 is 10.0 Å². The molecule has 0 bridgehead atoms. The van der Waals surface area contributed by atoms with Crippen LogP contribution in [0.1, 0.15) is 45.2 Å². The number of hydrogen-bond acceptors (Lipinski definition) is 0. The van der Waals surface area contributed by atoms with E-state index in [9.17, 15) is 0 Å². The number of hydrogen-bond donors (Lipinski definition) is 0. The molecule has 10 rings (SSSR count). The molecule has 0 fully saturated rings. The maximum Gasteiger partial charge on any atom is 0.0352 e. The minimum absolute atomic E-state index is 0.127. The highest BCUT2D eigenvalue weighted by Crippen LogP contribution is 2.74. The van der Waals surface area contributed by atoms with Crippen molar-refractivity contribution in [1.82, 2.24) is 0 Å². The molecule has 8 aromatic rings. The van der Waals surface area contributed by atoms with E-state index in [1.807, 2.05) is 0 Å². The van der Waals surface area contributed by atoms with Crippen LogP contribution in [0.4, 0.5) is 0 Å². The summed E-state index contributed by atoms with van der Waals surface area (Å²) in [6, 6.07) is 77.6. The predicted octanol–water partition coefficient (Wildman–Crippen LogP) is 13.3. The zero-order valence-electron chi connectivity index (χ0n) is 28.2. The molecule has 0 aliphatic heterocycles. The maximum atomic E-state index is 2.57. The highest BCUT2D eigenvalue weighted by Gasteiger charge is 2.38. The highest BCUT2D eigenvalue weighted by molar-refractivity contribution is 8.34. The fourth-order valence-corrected chi connectivity index (χ4v) is 12.8. The molecular formula is C50H36S. The van der Waals surface area contributed by atoms with Gasteiger partial charge in [-0.3, -0.25) is 0 Å². The maximum absolute atomic E-state index is 2.57. The van der Waals surface area contributed by atoms with Crippen molar-refractivity contribution in [2.75, 3.05) is 0 Å². The molecule has 0 aromatic heterocycles. The van der Waals surface area contributed by atoms with Gasteiger partial charge in [-0.15, -0.1) is 10.0 Å². The lowest BCUT2D eigenvalue weighted by molar-refractivity contribution is 0.957. The SMILES string of the molecule is c1ccc(S(c2ccccc2)(c2ccccc2)c2cc(C3c4ccccc4-c4ccccc43)cc(C3c4ccccc4-c4ccccc43)c2)cc1. The third-order valence-corrected chi connectivity index (χ3v) is 14.8. The van der Waals surface area contributed by atoms with E-state index in [0.717, 1.165) is 0 Å². The fraction of sp³-hybridized carbons (Fsp3) is 0.0400. The number of fused-ring (bicyclic) bond motifs is 6. The molecule has 2 aliphatic carbocycles. The van der Waals surface area contributed by atoms with Crippen LogP contribution in [0.3, 0.4) is 0 Å². The van der Waals surface area contributed by atoms with Crippen LogP contribution in [0.25, 0.3) is 22.3 Å². The molecule has 2 aliphatic rings. The van der Waals surface area contributed by atoms with Crippen molar-refractivity contribution in [3.8, 4) is 22.3 Å². The van der Waals surface area contributed by atoms with Gasteiger partial charge in [-0.2, -0.15) is 0 Å². The average molecular weight is 669 g/mol. The van der Waals surface area contributed by atoms with Crippen LogP contribution in [-0.4, -0.2) is 0 Å². The van der Waals surface area contributed by atoms with E-state index in [1.165, 1.54) is 75.2 Å². The van der Waals surface area contributed by atoms with Crippen LogP contribution >= 0.6 is 10.0 Å². The number of benzene rings is 8. The van der Waals surface area contributed by atoms with Crippen molar-refractivity contribution in [2.45, 2.75) is 31.4 Å². The fourth-order valence-electron chi connectivity index (χ4n) is 8.88. The zero-order chi connectivity index (χ0) is 33.8. The molecule has 0 unspecified atom stereocenters. The largest absolute Gasteiger partial charge is 0.133 e. The molecule has 0 saturated heterocycles. The Bertz CT molecular complexity index is 2230. The highest BCUT2D eigenvalue weighted by atomic mass is 32.3. The molecule has 0 N–H and O–H groups in total. The van der Waals surface area contributed by atoms with Crippen LogP contribution in [0.5, 0.6) is 0 Å². The molecule has 0 saturated carbocycles. The van der Waals surface area contributed by atoms with E-state index >= 15 is 0 Å². The van der Waals surface area contributed by atoms with Crippen LogP contribution in [0.15, 0.2) is 226 Å². The Labute approximate surface area is 302 Å². The van der Waals surface area contributed by atoms with Crippen LogP contribution in [0.2, 0.25) is 0 Å². The quantitative estimate of drug-likeness (QED) is 0.165. The third-order valence-electron chi connectivity index (χ3n) is 10.9. The summed E-state index contributed by atoms with van der Waals surface area (Å²) >= 11 is 0. The minimum Gasteiger partial charge on any atom is -0.133 e. The summed E-state index contributed by atoms with van der Waals surface area (Å²) in [6.07, 6.45) is 0. The first kappa shape index (κ1) is 30.0. The van der Waals surface area contributed by atoms with Gasteiger partial charge in [0, 0.05) is 31.4 Å². The summed E-state index contributed by atoms with van der Waals surface area (Å²) in [4.78, 5) is 5.38. The monoisotopic (exact) mass is 668 g/mol. The summed E-state index contributed by atoms with van der Waals surface area (Å²) in [5.74, 6) is 0.254. The zero-order valence-corrected chi connectivity index (χ0v) is 29.0. The average Bonchev–Trinajstić information content (AvgIpc) is 3.73. The lowest BCUT2D eigenvalue weighted by atomic mass is 9.84. The molecule has 242 valence electrons. The van der Waals surface area contributed by atoms with Crippen molar-refractivity contribution < 1.29 is 0 Å². The second-order valence-electron chi connectivity index (χ2n) is 13.6. The van der Waals surface area contributed by atoms with E-state index in [4.69, 9.17) is 0 Å². The lowest BCUT2D eigenvalue weighted by Crippen LogP contribution is -2.10. The van der Waals surface area contributed by atoms with Crippen molar-refractivity contribution in [3.05, 3.63) is 240 Å². The van der Waals surface area contributed by atoms with E-state index in [-0.39, 0.29) is 11.8 Å². The Hall–Kier alpha value is -5.89. The standard InChI is InChI=1S/C50H36S/c1-4-18-37(19-5-1)51(38-20-6-2-7-21-38,39-22-8-3-9-23-39)40-33-35(49-45-28-14-10-24-41(45)42-25-11-15-29-46(42)49)32-36(34-40)50-47-30-16-12-26-43(47)44-27-13-17-31-48(44)50/h1-34,49-50H. The molecule has 0 spiro atoms. The Morgan fingerprint density at radius 3 is 0.843 bits per heavy atom. The molecule has 0 radical (unpaired) electrons. The summed E-state index contributed by atoms with van der Waals surface area (Å²) in [7, 11) is -1.92. The van der Waals surface area contributed by atoms with E-state index in [1.54, 1.807) is 0 Å². The molecule has 0 atom stereocenters. The van der Waals surface area contributed by atoms with Gasteiger partial charge in [-0.05, 0) is 104 Å². The Morgan fingerprint density at radius 2 is 0.529 bits per heavy atom. The normalized spacial score (nSPS) is 13.6. The van der Waals surface area contributed by atoms with Crippen LogP contribution < -0.4 is 0 Å². The van der Waals surface area contributed by atoms with Crippen molar-refractivity contribution in [1.29, 1.82) is 0 Å². The van der Waals surface area contributed by atoms with Gasteiger partial charge in [0.2, 0.25) is 0 Å². The van der Waals surface area contributed by atoms with Gasteiger partial charge in [0.1, 0.15) is 0 Å². The second kappa shape index (κ2) is 12.2. The van der Waals surface area contributed by atoms with Gasteiger partial charge in [0.15, 0.2) is 0 Å². The van der Waals surface area contributed by atoms with E-state index in [0.29, 0.717) is 0 Å². The third kappa shape index (κ3) is 4.62. The second-order valence-corrected chi connectivity index (χ2v) is 16.7. The van der Waals surface area contributed by atoms with Gasteiger partial charge in [-0.1, -0.05) is 158 Å². The van der Waals surface area contributed by atoms with E-state index in [2.05, 4.69) is 206 Å². The molecule has 0 amide bonds. The Kier molecular flexibility index (Phi) is 7.15. The van der Waals surface area contributed by atoms with Crippen molar-refractivity contribution in [2.24, 2.45) is 0 Å². The van der Waals surface area contributed by atoms with Gasteiger partial charge < -0.3 is 0 Å². The first-order valence-corrected chi connectivity index (χ1v) is 19.5. The van der Waals surface area contributed by atoms with Crippen LogP contribution in [0, 0.1) is 0 Å². The first-order chi connectivity index (χ1) is 25.3. The topological polar surface area (TPSA) is 0 Å². The Morgan fingerprint density at radius 1 is 0.255 bits per heavy atom. The molecular weight excluding hydrogens is 633 g/mol. The van der Waals surface area contributed by atoms with Gasteiger partial charge in [-0.25, -0.2) is 0 Å². The van der Waals surface area contributed by atoms with E-state index < -0.39 is 10.0 Å². The smallest absolute Gasteiger partial charge is 0.0352 e. The first-order valence-electron chi connectivity index (χ1n) is 17.8. The molecule has 1 heteroatoms. The molecule has 0 nitrogen and oxygen atoms in total. The molecule has 8 aromatic carbocycles.